The topological polar surface area (TPSA) is 29.4 Å². The molecule has 0 aliphatic carbocycles. The fourth-order valence-corrected chi connectivity index (χ4v) is 0.424. The van der Waals surface area contributed by atoms with Crippen molar-refractivity contribution in [1.82, 2.24) is 0 Å². The molecule has 28 valence electrons. The molecule has 0 aliphatic rings. The number of nitrogens with zero attached hydrogens (tertiary/aromatic N) is 1. The van der Waals surface area contributed by atoms with Gasteiger partial charge in [0.15, 0.2) is 8.01 Å². The normalized spacial score (nSPS) is 10.6. The van der Waals surface area contributed by atoms with Crippen molar-refractivity contribution in [3.05, 3.63) is 0 Å². The van der Waals surface area contributed by atoms with Gasteiger partial charge in [-0.1, -0.05) is 0 Å². The second kappa shape index (κ2) is 4.12. The van der Waals surface area contributed by atoms with E-state index in [1.807, 2.05) is 0 Å². The van der Waals surface area contributed by atoms with E-state index < -0.39 is 0 Å². The molecule has 0 N–H and O–H groups in total. The van der Waals surface area contributed by atoms with Crippen molar-refractivity contribution < 1.29 is 4.57 Å². The minimum absolute atomic E-state index is 0.144. The maximum atomic E-state index is 9.45. The summed E-state index contributed by atoms with van der Waals surface area (Å²) in [4.78, 5) is 0. The molecule has 5 heavy (non-hydrogen) atoms. The molecule has 0 aromatic carbocycles. The molecule has 0 unspecified atom stereocenters. The fourth-order valence-electron chi connectivity index (χ4n) is 0.0471. The zero-order chi connectivity index (χ0) is 4.12. The molecular weight excluding hydrogens is 101 g/mol. The summed E-state index contributed by atoms with van der Waals surface area (Å²) in [6, 6.07) is 0. The van der Waals surface area contributed by atoms with Crippen LogP contribution >= 0.6 is 8.01 Å². The van der Waals surface area contributed by atoms with Crippen molar-refractivity contribution in [1.29, 1.82) is 0 Å². The first-order valence-electron chi connectivity index (χ1n) is 1.15. The molecule has 0 spiro atoms. The molecule has 0 radical (unpaired) electrons. The number of hydrogen-bond acceptors (Lipinski definition) is 2. The quantitative estimate of drug-likeness (QED) is 0.351. The average molecular weight is 105 g/mol. The number of hydrogen-bond donors (Lipinski definition) is 0. The van der Waals surface area contributed by atoms with Crippen LogP contribution in [-0.2, 0) is 4.57 Å². The smallest absolute Gasteiger partial charge is 0.216 e. The second-order valence-corrected chi connectivity index (χ2v) is 2.76. The highest BCUT2D eigenvalue weighted by molar-refractivity contribution is 7.57. The van der Waals surface area contributed by atoms with Crippen molar-refractivity contribution in [3.8, 4) is 0 Å². The van der Waals surface area contributed by atoms with E-state index in [1.165, 1.54) is 0 Å². The summed E-state index contributed by atoms with van der Waals surface area (Å²) in [7, 11) is 1.72. The van der Waals surface area contributed by atoms with Gasteiger partial charge < -0.3 is 4.63 Å². The van der Waals surface area contributed by atoms with E-state index in [-0.39, 0.29) is 17.0 Å². The van der Waals surface area contributed by atoms with Gasteiger partial charge in [-0.25, -0.2) is 0 Å². The van der Waals surface area contributed by atoms with Crippen molar-refractivity contribution in [3.63, 3.8) is 0 Å². The molecule has 0 rings (SSSR count). The lowest BCUT2D eigenvalue weighted by atomic mass is 11.6. The van der Waals surface area contributed by atoms with Crippen LogP contribution in [0.25, 0.3) is 0 Å². The van der Waals surface area contributed by atoms with Crippen LogP contribution in [0, 0.1) is 0 Å². The van der Waals surface area contributed by atoms with Crippen LogP contribution in [0.1, 0.15) is 0 Å². The van der Waals surface area contributed by atoms with E-state index in [9.17, 15) is 4.57 Å². The third kappa shape index (κ3) is 4.12. The van der Waals surface area contributed by atoms with Gasteiger partial charge >= 0.3 is 0 Å². The lowest BCUT2D eigenvalue weighted by Crippen LogP contribution is -1.47. The lowest BCUT2D eigenvalue weighted by Gasteiger charge is -1.51. The first-order valence-corrected chi connectivity index (χ1v) is 4.09. The highest BCUT2D eigenvalue weighted by Crippen LogP contribution is 1.74. The Morgan fingerprint density at radius 3 is 2.60 bits per heavy atom. The predicted molar refractivity (Wildman–Crippen MR) is 23.1 cm³/mol. The van der Waals surface area contributed by atoms with Gasteiger partial charge in [-0.3, -0.25) is 4.57 Å². The van der Waals surface area contributed by atoms with Crippen molar-refractivity contribution in [2.75, 3.05) is 7.05 Å². The highest BCUT2D eigenvalue weighted by atomic mass is 31.3. The van der Waals surface area contributed by atoms with Crippen LogP contribution in [0.2, 0.25) is 0 Å². The molecule has 0 saturated carbocycles. The minimum atomic E-state index is -0.144. The monoisotopic (exact) mass is 105 g/mol. The Bertz CT molecular complexity index is 53.6. The molecule has 0 aliphatic heterocycles. The molecule has 0 amide bonds. The maximum Gasteiger partial charge on any atom is 0.216 e. The maximum absolute atomic E-state index is 9.45. The largest absolute Gasteiger partial charge is 0.329 e. The molecule has 0 aromatic heterocycles. The average Bonchev–Trinajstić information content (AvgIpc) is 1.41. The Morgan fingerprint density at radius 2 is 2.60 bits per heavy atom. The minimum Gasteiger partial charge on any atom is -0.329 e. The van der Waals surface area contributed by atoms with E-state index >= 15 is 0 Å². The summed E-state index contributed by atoms with van der Waals surface area (Å²) in [6.45, 7) is 0. The summed E-state index contributed by atoms with van der Waals surface area (Å²) in [5.74, 6) is 0. The van der Waals surface area contributed by atoms with Gasteiger partial charge in [0.1, 0.15) is 0 Å². The van der Waals surface area contributed by atoms with E-state index in [0.717, 1.165) is 0 Å². The van der Waals surface area contributed by atoms with Crippen LogP contribution < -0.4 is 0 Å². The zero-order valence-electron chi connectivity index (χ0n) is 2.88. The van der Waals surface area contributed by atoms with Crippen LogP contribution in [0.15, 0.2) is 4.63 Å². The molecule has 0 heterocycles. The Labute approximate surface area is 34.2 Å². The molecule has 0 aromatic rings. The van der Waals surface area contributed by atoms with Crippen LogP contribution in [0.3, 0.4) is 0 Å². The van der Waals surface area contributed by atoms with Gasteiger partial charge in [-0.05, 0) is 0 Å². The molecule has 0 fully saturated rings. The van der Waals surface area contributed by atoms with Gasteiger partial charge in [0.25, 0.3) is 0 Å². The standard InChI is InChI=1S/CH4NOPSi/c1-2-5-4-3/h5H,1H3. The summed E-state index contributed by atoms with van der Waals surface area (Å²) >= 11 is 0. The van der Waals surface area contributed by atoms with Crippen molar-refractivity contribution in [2.45, 2.75) is 0 Å². The van der Waals surface area contributed by atoms with E-state index in [2.05, 4.69) is 4.63 Å². The van der Waals surface area contributed by atoms with Gasteiger partial charge in [0.2, 0.25) is 8.98 Å². The zero-order valence-corrected chi connectivity index (χ0v) is 4.93. The first kappa shape index (κ1) is 5.12. The number of rotatable bonds is 1. The van der Waals surface area contributed by atoms with Crippen LogP contribution in [0.5, 0.6) is 0 Å². The fraction of sp³-hybridized carbons (Fsp3) is 1.00. The lowest BCUT2D eigenvalue weighted by molar-refractivity contribution is 0.605. The third-order valence-electron chi connectivity index (χ3n) is 0.163. The summed E-state index contributed by atoms with van der Waals surface area (Å²) in [6.07, 6.45) is 0. The van der Waals surface area contributed by atoms with Crippen molar-refractivity contribution >= 4 is 17.0 Å². The molecule has 0 saturated heterocycles. The van der Waals surface area contributed by atoms with Gasteiger partial charge in [0.05, 0.1) is 0 Å². The first-order chi connectivity index (χ1) is 2.41. The van der Waals surface area contributed by atoms with Gasteiger partial charge in [-0.15, -0.1) is 0 Å². The van der Waals surface area contributed by atoms with Crippen molar-refractivity contribution in [2.24, 2.45) is 4.63 Å². The Hall–Kier alpha value is 0.117. The Kier molecular flexibility index (Phi) is 4.21. The van der Waals surface area contributed by atoms with Gasteiger partial charge in [-0.2, -0.15) is 0 Å². The predicted octanol–water partition coefficient (Wildman–Crippen LogP) is 0.443. The molecule has 4 heteroatoms. The van der Waals surface area contributed by atoms with E-state index in [0.29, 0.717) is 0 Å². The third-order valence-corrected chi connectivity index (χ3v) is 1.46. The SMILES string of the molecule is CN=[SiH]P=O. The van der Waals surface area contributed by atoms with Crippen LogP contribution in [-0.4, -0.2) is 16.0 Å². The van der Waals surface area contributed by atoms with Crippen LogP contribution in [0.4, 0.5) is 0 Å². The van der Waals surface area contributed by atoms with E-state index in [1.54, 1.807) is 7.05 Å². The summed E-state index contributed by atoms with van der Waals surface area (Å²) < 4.78 is 13.1. The van der Waals surface area contributed by atoms with Gasteiger partial charge in [0, 0.05) is 7.05 Å². The second-order valence-electron chi connectivity index (χ2n) is 0.479. The molecular formula is CH4NOPSi. The molecule has 0 bridgehead atoms. The molecule has 2 nitrogen and oxygen atoms in total. The Morgan fingerprint density at radius 1 is 2.00 bits per heavy atom. The van der Waals surface area contributed by atoms with E-state index in [4.69, 9.17) is 0 Å². The summed E-state index contributed by atoms with van der Waals surface area (Å²) in [5.41, 5.74) is 0. The highest BCUT2D eigenvalue weighted by Gasteiger charge is 1.54. The molecule has 0 atom stereocenters. The summed E-state index contributed by atoms with van der Waals surface area (Å²) in [5, 5.41) is 0. The Balaban J connectivity index is 2.92.